The Hall–Kier alpha value is -1.09. The zero-order valence-electron chi connectivity index (χ0n) is 7.79. The highest BCUT2D eigenvalue weighted by Crippen LogP contribution is 2.41. The second kappa shape index (κ2) is 2.95. The van der Waals surface area contributed by atoms with Gasteiger partial charge in [-0.15, -0.1) is 0 Å². The molecule has 2 aliphatic rings. The van der Waals surface area contributed by atoms with Crippen LogP contribution in [0.25, 0.3) is 0 Å². The summed E-state index contributed by atoms with van der Waals surface area (Å²) in [5.41, 5.74) is 1.18. The Morgan fingerprint density at radius 1 is 1.43 bits per heavy atom. The molecule has 1 aromatic rings. The third-order valence-electron chi connectivity index (χ3n) is 3.08. The molecule has 0 unspecified atom stereocenters. The second-order valence-electron chi connectivity index (χ2n) is 3.94. The van der Waals surface area contributed by atoms with Gasteiger partial charge in [-0.3, -0.25) is 0 Å². The van der Waals surface area contributed by atoms with Crippen molar-refractivity contribution in [2.45, 2.75) is 18.4 Å². The minimum absolute atomic E-state index is 0.209. The number of hydrogen-bond donors (Lipinski definition) is 1. The van der Waals surface area contributed by atoms with Crippen LogP contribution in [0.5, 0.6) is 5.75 Å². The van der Waals surface area contributed by atoms with Crippen LogP contribution in [0, 0.1) is 5.82 Å². The van der Waals surface area contributed by atoms with Crippen LogP contribution >= 0.6 is 0 Å². The molecule has 2 heterocycles. The summed E-state index contributed by atoms with van der Waals surface area (Å²) in [4.78, 5) is 0. The van der Waals surface area contributed by atoms with Gasteiger partial charge in [-0.25, -0.2) is 4.39 Å². The van der Waals surface area contributed by atoms with Crippen molar-refractivity contribution < 1.29 is 9.13 Å². The number of fused-ring (bicyclic) bond motifs is 3. The third kappa shape index (κ3) is 1.12. The topological polar surface area (TPSA) is 21.3 Å². The van der Waals surface area contributed by atoms with E-state index in [1.165, 1.54) is 17.7 Å². The number of ether oxygens (including phenoxy) is 1. The van der Waals surface area contributed by atoms with Gasteiger partial charge in [0.05, 0.1) is 0 Å². The Morgan fingerprint density at radius 3 is 3.29 bits per heavy atom. The van der Waals surface area contributed by atoms with Crippen molar-refractivity contribution in [2.75, 3.05) is 13.1 Å². The van der Waals surface area contributed by atoms with E-state index in [1.807, 2.05) is 6.07 Å². The van der Waals surface area contributed by atoms with E-state index in [0.717, 1.165) is 25.3 Å². The zero-order valence-corrected chi connectivity index (χ0v) is 7.79. The average molecular weight is 193 g/mol. The summed E-state index contributed by atoms with van der Waals surface area (Å²) >= 11 is 0. The Balaban J connectivity index is 2.01. The van der Waals surface area contributed by atoms with Crippen molar-refractivity contribution >= 4 is 0 Å². The Bertz CT molecular complexity index is 366. The lowest BCUT2D eigenvalue weighted by atomic mass is 9.90. The average Bonchev–Trinajstić information content (AvgIpc) is 2.54. The molecule has 0 aromatic heterocycles. The molecule has 1 aromatic carbocycles. The monoisotopic (exact) mass is 193 g/mol. The van der Waals surface area contributed by atoms with Gasteiger partial charge in [0.2, 0.25) is 0 Å². The van der Waals surface area contributed by atoms with E-state index in [4.69, 9.17) is 4.74 Å². The van der Waals surface area contributed by atoms with E-state index in [-0.39, 0.29) is 11.9 Å². The first-order valence-corrected chi connectivity index (χ1v) is 5.01. The second-order valence-corrected chi connectivity index (χ2v) is 3.94. The van der Waals surface area contributed by atoms with Crippen LogP contribution in [-0.4, -0.2) is 19.2 Å². The third-order valence-corrected chi connectivity index (χ3v) is 3.08. The van der Waals surface area contributed by atoms with Crippen LogP contribution in [0.15, 0.2) is 18.2 Å². The Kier molecular flexibility index (Phi) is 1.74. The van der Waals surface area contributed by atoms with Gasteiger partial charge < -0.3 is 10.1 Å². The first kappa shape index (κ1) is 8.24. The van der Waals surface area contributed by atoms with Crippen molar-refractivity contribution in [1.82, 2.24) is 5.32 Å². The predicted octanol–water partition coefficient (Wildman–Crippen LogP) is 1.66. The predicted molar refractivity (Wildman–Crippen MR) is 51.0 cm³/mol. The van der Waals surface area contributed by atoms with Crippen molar-refractivity contribution in [3.63, 3.8) is 0 Å². The summed E-state index contributed by atoms with van der Waals surface area (Å²) in [5.74, 6) is 0.992. The summed E-state index contributed by atoms with van der Waals surface area (Å²) in [6.45, 7) is 1.91. The van der Waals surface area contributed by atoms with Crippen LogP contribution in [0.1, 0.15) is 17.9 Å². The number of piperidine rings is 1. The van der Waals surface area contributed by atoms with Crippen molar-refractivity contribution in [2.24, 2.45) is 0 Å². The van der Waals surface area contributed by atoms with Gasteiger partial charge in [0, 0.05) is 24.1 Å². The molecular formula is C11H12FNO. The lowest BCUT2D eigenvalue weighted by Gasteiger charge is -2.24. The van der Waals surface area contributed by atoms with E-state index in [2.05, 4.69) is 5.32 Å². The molecule has 0 spiro atoms. The lowest BCUT2D eigenvalue weighted by molar-refractivity contribution is 0.176. The minimum atomic E-state index is -0.213. The number of halogens is 1. The zero-order chi connectivity index (χ0) is 9.54. The lowest BCUT2D eigenvalue weighted by Crippen LogP contribution is -2.39. The molecule has 14 heavy (non-hydrogen) atoms. The van der Waals surface area contributed by atoms with Crippen LogP contribution in [0.4, 0.5) is 4.39 Å². The number of hydrogen-bond acceptors (Lipinski definition) is 2. The summed E-state index contributed by atoms with van der Waals surface area (Å²) < 4.78 is 18.6. The smallest absolute Gasteiger partial charge is 0.126 e. The quantitative estimate of drug-likeness (QED) is 0.676. The van der Waals surface area contributed by atoms with Gasteiger partial charge in [-0.05, 0) is 19.0 Å². The van der Waals surface area contributed by atoms with Gasteiger partial charge in [0.25, 0.3) is 0 Å². The van der Waals surface area contributed by atoms with Gasteiger partial charge in [-0.1, -0.05) is 6.07 Å². The summed E-state index contributed by atoms with van der Waals surface area (Å²) in [6, 6.07) is 4.88. The molecule has 2 nitrogen and oxygen atoms in total. The van der Waals surface area contributed by atoms with Crippen molar-refractivity contribution in [3.8, 4) is 5.75 Å². The van der Waals surface area contributed by atoms with Gasteiger partial charge in [-0.2, -0.15) is 0 Å². The molecule has 0 radical (unpaired) electrons. The Morgan fingerprint density at radius 2 is 2.36 bits per heavy atom. The molecule has 0 aliphatic carbocycles. The summed E-state index contributed by atoms with van der Waals surface area (Å²) in [6.07, 6.45) is 1.30. The highest BCUT2D eigenvalue weighted by atomic mass is 19.1. The first-order chi connectivity index (χ1) is 6.84. The van der Waals surface area contributed by atoms with Gasteiger partial charge in [0.15, 0.2) is 0 Å². The van der Waals surface area contributed by atoms with Gasteiger partial charge >= 0.3 is 0 Å². The highest BCUT2D eigenvalue weighted by Gasteiger charge is 2.35. The molecule has 1 saturated heterocycles. The Labute approximate surface area is 82.1 Å². The van der Waals surface area contributed by atoms with E-state index in [1.54, 1.807) is 0 Å². The van der Waals surface area contributed by atoms with Crippen molar-refractivity contribution in [1.29, 1.82) is 0 Å². The van der Waals surface area contributed by atoms with Crippen LogP contribution in [0.2, 0.25) is 0 Å². The molecule has 74 valence electrons. The van der Waals surface area contributed by atoms with E-state index in [0.29, 0.717) is 5.92 Å². The molecule has 3 rings (SSSR count). The number of rotatable bonds is 0. The molecule has 0 bridgehead atoms. The molecule has 1 N–H and O–H groups in total. The largest absolute Gasteiger partial charge is 0.488 e. The maximum atomic E-state index is 12.9. The fourth-order valence-electron chi connectivity index (χ4n) is 2.39. The van der Waals surface area contributed by atoms with Gasteiger partial charge in [0.1, 0.15) is 17.7 Å². The standard InChI is InChI=1S/C11H12FNO/c12-7-1-2-8-9-3-4-13-6-11(9)14-10(8)5-7/h1-2,5,9,11,13H,3-4,6H2/t9-,11-/m0/s1. The maximum Gasteiger partial charge on any atom is 0.126 e. The van der Waals surface area contributed by atoms with Crippen molar-refractivity contribution in [3.05, 3.63) is 29.6 Å². The number of nitrogens with one attached hydrogen (secondary N) is 1. The number of benzene rings is 1. The molecule has 0 saturated carbocycles. The molecule has 2 aliphatic heterocycles. The highest BCUT2D eigenvalue weighted by molar-refractivity contribution is 5.42. The fourth-order valence-corrected chi connectivity index (χ4v) is 2.39. The molecular weight excluding hydrogens is 181 g/mol. The minimum Gasteiger partial charge on any atom is -0.488 e. The normalized spacial score (nSPS) is 29.2. The van der Waals surface area contributed by atoms with Crippen LogP contribution in [-0.2, 0) is 0 Å². The molecule has 0 amide bonds. The van der Waals surface area contributed by atoms with E-state index in [9.17, 15) is 4.39 Å². The molecule has 2 atom stereocenters. The van der Waals surface area contributed by atoms with E-state index >= 15 is 0 Å². The fraction of sp³-hybridized carbons (Fsp3) is 0.455. The van der Waals surface area contributed by atoms with Crippen LogP contribution in [0.3, 0.4) is 0 Å². The SMILES string of the molecule is Fc1ccc2c(c1)O[C@H]1CNCC[C@@H]21. The molecule has 1 fully saturated rings. The maximum absolute atomic E-state index is 12.9. The molecule has 3 heteroatoms. The summed E-state index contributed by atoms with van der Waals surface area (Å²) in [7, 11) is 0. The summed E-state index contributed by atoms with van der Waals surface area (Å²) in [5, 5.41) is 3.29. The van der Waals surface area contributed by atoms with Crippen LogP contribution < -0.4 is 10.1 Å². The first-order valence-electron chi connectivity index (χ1n) is 5.01. The van der Waals surface area contributed by atoms with E-state index < -0.39 is 0 Å².